The van der Waals surface area contributed by atoms with Crippen LogP contribution in [0.4, 0.5) is 0 Å². The number of sulfonamides is 1. The Morgan fingerprint density at radius 1 is 1.03 bits per heavy atom. The van der Waals surface area contributed by atoms with Gasteiger partial charge in [-0.25, -0.2) is 13.1 Å². The summed E-state index contributed by atoms with van der Waals surface area (Å²) in [5.41, 5.74) is 1.77. The molecule has 0 unspecified atom stereocenters. The zero-order valence-electron chi connectivity index (χ0n) is 19.4. The molecule has 0 aliphatic heterocycles. The van der Waals surface area contributed by atoms with E-state index in [-0.39, 0.29) is 23.1 Å². The molecule has 0 radical (unpaired) electrons. The van der Waals surface area contributed by atoms with Gasteiger partial charge in [-0.05, 0) is 36.6 Å². The average Bonchev–Trinajstić information content (AvgIpc) is 2.81. The molecule has 1 atom stereocenters. The zero-order valence-corrected chi connectivity index (χ0v) is 20.2. The minimum absolute atomic E-state index is 0.155. The predicted octanol–water partition coefficient (Wildman–Crippen LogP) is 2.10. The molecule has 2 aromatic rings. The minimum atomic E-state index is -3.52. The average molecular weight is 476 g/mol. The van der Waals surface area contributed by atoms with Crippen molar-refractivity contribution in [1.82, 2.24) is 14.9 Å². The van der Waals surface area contributed by atoms with Gasteiger partial charge in [-0.2, -0.15) is 0 Å². The van der Waals surface area contributed by atoms with Crippen LogP contribution < -0.4 is 10.0 Å². The van der Waals surface area contributed by atoms with E-state index >= 15 is 0 Å². The number of rotatable bonds is 13. The maximum absolute atomic E-state index is 13.1. The Balaban J connectivity index is 2.08. The van der Waals surface area contributed by atoms with Crippen LogP contribution >= 0.6 is 0 Å². The minimum Gasteiger partial charge on any atom is -0.383 e. The van der Waals surface area contributed by atoms with Gasteiger partial charge < -0.3 is 15.0 Å². The first-order valence-corrected chi connectivity index (χ1v) is 12.5. The second-order valence-corrected chi connectivity index (χ2v) is 9.38. The second kappa shape index (κ2) is 13.1. The third-order valence-corrected chi connectivity index (χ3v) is 6.73. The van der Waals surface area contributed by atoms with Gasteiger partial charge in [0.2, 0.25) is 21.8 Å². The van der Waals surface area contributed by atoms with Gasteiger partial charge in [-0.1, -0.05) is 49.4 Å². The summed E-state index contributed by atoms with van der Waals surface area (Å²) >= 11 is 0. The third-order valence-electron chi connectivity index (χ3n) is 5.16. The van der Waals surface area contributed by atoms with Crippen LogP contribution in [-0.2, 0) is 37.3 Å². The fourth-order valence-electron chi connectivity index (χ4n) is 3.29. The van der Waals surface area contributed by atoms with Crippen molar-refractivity contribution in [3.8, 4) is 0 Å². The number of methoxy groups -OCH3 is 1. The Morgan fingerprint density at radius 3 is 2.30 bits per heavy atom. The van der Waals surface area contributed by atoms with Crippen LogP contribution in [0.25, 0.3) is 0 Å². The smallest absolute Gasteiger partial charge is 0.242 e. The molecule has 0 aliphatic rings. The summed E-state index contributed by atoms with van der Waals surface area (Å²) in [5.74, 6) is -0.396. The van der Waals surface area contributed by atoms with Gasteiger partial charge in [0, 0.05) is 33.2 Å². The molecule has 0 saturated heterocycles. The van der Waals surface area contributed by atoms with Gasteiger partial charge >= 0.3 is 0 Å². The van der Waals surface area contributed by atoms with Crippen molar-refractivity contribution in [1.29, 1.82) is 0 Å². The van der Waals surface area contributed by atoms with E-state index in [2.05, 4.69) is 10.0 Å². The summed E-state index contributed by atoms with van der Waals surface area (Å²) in [4.78, 5) is 27.5. The maximum Gasteiger partial charge on any atom is 0.242 e. The lowest BCUT2D eigenvalue weighted by Gasteiger charge is -2.29. The van der Waals surface area contributed by atoms with Crippen molar-refractivity contribution >= 4 is 21.8 Å². The summed E-state index contributed by atoms with van der Waals surface area (Å²) in [6.07, 6.45) is 0.630. The number of hydrogen-bond donors (Lipinski definition) is 2. The highest BCUT2D eigenvalue weighted by Gasteiger charge is 2.25. The molecule has 0 aliphatic carbocycles. The van der Waals surface area contributed by atoms with Gasteiger partial charge in [-0.3, -0.25) is 9.59 Å². The lowest BCUT2D eigenvalue weighted by molar-refractivity contribution is -0.140. The molecule has 9 heteroatoms. The predicted molar refractivity (Wildman–Crippen MR) is 127 cm³/mol. The van der Waals surface area contributed by atoms with Crippen molar-refractivity contribution in [2.45, 2.75) is 44.2 Å². The van der Waals surface area contributed by atoms with E-state index in [1.165, 1.54) is 12.1 Å². The standard InChI is InChI=1S/C24H33N3O5S/c1-4-26-33(30,31)22-13-10-20(11-14-22)12-15-23(28)27(18-21-8-6-5-7-9-21)19(2)24(29)25-16-17-32-3/h5-11,13-14,19,26H,4,12,15-18H2,1-3H3,(H,25,29)/t19-/m1/s1. The monoisotopic (exact) mass is 475 g/mol. The Labute approximate surface area is 196 Å². The number of hydrogen-bond acceptors (Lipinski definition) is 5. The van der Waals surface area contributed by atoms with Gasteiger partial charge in [0.25, 0.3) is 0 Å². The van der Waals surface area contributed by atoms with E-state index < -0.39 is 16.1 Å². The molecule has 33 heavy (non-hydrogen) atoms. The summed E-state index contributed by atoms with van der Waals surface area (Å²) in [5, 5.41) is 2.79. The summed E-state index contributed by atoms with van der Waals surface area (Å²) in [7, 11) is -1.96. The molecule has 0 saturated carbocycles. The molecule has 0 aromatic heterocycles. The highest BCUT2D eigenvalue weighted by molar-refractivity contribution is 7.89. The Morgan fingerprint density at radius 2 is 1.70 bits per heavy atom. The van der Waals surface area contributed by atoms with E-state index in [9.17, 15) is 18.0 Å². The third kappa shape index (κ3) is 8.27. The van der Waals surface area contributed by atoms with Gasteiger partial charge in [0.1, 0.15) is 6.04 Å². The summed E-state index contributed by atoms with van der Waals surface area (Å²) in [6.45, 7) is 4.83. The number of ether oxygens (including phenoxy) is 1. The molecule has 0 heterocycles. The zero-order chi connectivity index (χ0) is 24.3. The van der Waals surface area contributed by atoms with Crippen LogP contribution in [0.3, 0.4) is 0 Å². The first-order chi connectivity index (χ1) is 15.8. The second-order valence-electron chi connectivity index (χ2n) is 7.61. The topological polar surface area (TPSA) is 105 Å². The quantitative estimate of drug-likeness (QED) is 0.432. The number of carbonyl (C=O) groups is 2. The Bertz CT molecular complexity index is 995. The fraction of sp³-hybridized carbons (Fsp3) is 0.417. The SMILES string of the molecule is CCNS(=O)(=O)c1ccc(CCC(=O)N(Cc2ccccc2)[C@H](C)C(=O)NCCOC)cc1. The van der Waals surface area contributed by atoms with Crippen molar-refractivity contribution in [3.05, 3.63) is 65.7 Å². The normalized spacial score (nSPS) is 12.2. The van der Waals surface area contributed by atoms with Crippen molar-refractivity contribution < 1.29 is 22.7 Å². The van der Waals surface area contributed by atoms with E-state index in [4.69, 9.17) is 4.74 Å². The van der Waals surface area contributed by atoms with Gasteiger partial charge in [-0.15, -0.1) is 0 Å². The number of benzene rings is 2. The van der Waals surface area contributed by atoms with Crippen molar-refractivity contribution in [3.63, 3.8) is 0 Å². The molecular formula is C24H33N3O5S. The van der Waals surface area contributed by atoms with E-state index in [1.54, 1.807) is 38.0 Å². The molecule has 2 rings (SSSR count). The van der Waals surface area contributed by atoms with Crippen molar-refractivity contribution in [2.24, 2.45) is 0 Å². The number of aryl methyl sites for hydroxylation is 1. The van der Waals surface area contributed by atoms with Gasteiger partial charge in [0.05, 0.1) is 11.5 Å². The first-order valence-electron chi connectivity index (χ1n) is 11.0. The molecule has 2 aromatic carbocycles. The Kier molecular flexibility index (Phi) is 10.5. The van der Waals surface area contributed by atoms with E-state index in [0.717, 1.165) is 11.1 Å². The van der Waals surface area contributed by atoms with Crippen LogP contribution in [0, 0.1) is 0 Å². The number of amides is 2. The van der Waals surface area contributed by atoms with E-state index in [0.29, 0.717) is 32.7 Å². The van der Waals surface area contributed by atoms with Crippen LogP contribution in [0.15, 0.2) is 59.5 Å². The first kappa shape index (κ1) is 26.5. The Hall–Kier alpha value is -2.75. The van der Waals surface area contributed by atoms with Crippen LogP contribution in [0.2, 0.25) is 0 Å². The van der Waals surface area contributed by atoms with Gasteiger partial charge in [0.15, 0.2) is 0 Å². The number of carbonyl (C=O) groups excluding carboxylic acids is 2. The molecule has 8 nitrogen and oxygen atoms in total. The molecule has 2 amide bonds. The number of nitrogens with zero attached hydrogens (tertiary/aromatic N) is 1. The molecule has 0 fully saturated rings. The highest BCUT2D eigenvalue weighted by atomic mass is 32.2. The van der Waals surface area contributed by atoms with E-state index in [1.807, 2.05) is 30.3 Å². The largest absolute Gasteiger partial charge is 0.383 e. The van der Waals surface area contributed by atoms with Crippen LogP contribution in [0.1, 0.15) is 31.4 Å². The highest BCUT2D eigenvalue weighted by Crippen LogP contribution is 2.15. The molecular weight excluding hydrogens is 442 g/mol. The molecule has 0 bridgehead atoms. The lowest BCUT2D eigenvalue weighted by Crippen LogP contribution is -2.48. The lowest BCUT2D eigenvalue weighted by atomic mass is 10.1. The fourth-order valence-corrected chi connectivity index (χ4v) is 4.33. The maximum atomic E-state index is 13.1. The van der Waals surface area contributed by atoms with Crippen LogP contribution in [0.5, 0.6) is 0 Å². The molecule has 180 valence electrons. The number of nitrogens with one attached hydrogen (secondary N) is 2. The summed E-state index contributed by atoms with van der Waals surface area (Å²) in [6, 6.07) is 15.3. The van der Waals surface area contributed by atoms with Crippen molar-refractivity contribution in [2.75, 3.05) is 26.8 Å². The molecule has 0 spiro atoms. The van der Waals surface area contributed by atoms with Crippen LogP contribution in [-0.4, -0.2) is 58.0 Å². The molecule has 2 N–H and O–H groups in total. The summed E-state index contributed by atoms with van der Waals surface area (Å²) < 4.78 is 31.6.